The monoisotopic (exact) mass is 295 g/mol. The van der Waals surface area contributed by atoms with E-state index in [1.54, 1.807) is 0 Å². The lowest BCUT2D eigenvalue weighted by molar-refractivity contribution is 0.202. The van der Waals surface area contributed by atoms with Crippen molar-refractivity contribution in [3.63, 3.8) is 0 Å². The molecule has 1 aliphatic carbocycles. The molecule has 0 bridgehead atoms. The molecule has 0 heterocycles. The maximum Gasteiger partial charge on any atom is 0.420 e. The molecule has 0 aromatic heterocycles. The summed E-state index contributed by atoms with van der Waals surface area (Å²) in [5.41, 5.74) is 0.912. The lowest BCUT2D eigenvalue weighted by atomic mass is 9.94. The minimum Gasteiger partial charge on any atom is -0.410 e. The molecule has 0 saturated heterocycles. The highest BCUT2D eigenvalue weighted by Gasteiger charge is 2.28. The first-order chi connectivity index (χ1) is 10.8. The molecule has 1 fully saturated rings. The smallest absolute Gasteiger partial charge is 0.410 e. The van der Waals surface area contributed by atoms with Crippen LogP contribution in [0.5, 0.6) is 5.75 Å². The van der Waals surface area contributed by atoms with Crippen LogP contribution in [0.4, 0.5) is 10.5 Å². The topological polar surface area (TPSA) is 29.5 Å². The Labute approximate surface area is 131 Å². The van der Waals surface area contributed by atoms with Crippen LogP contribution in [0, 0.1) is 0 Å². The zero-order valence-corrected chi connectivity index (χ0v) is 12.7. The Morgan fingerprint density at radius 1 is 0.864 bits per heavy atom. The number of benzene rings is 2. The number of ether oxygens (including phenoxy) is 1. The zero-order chi connectivity index (χ0) is 15.2. The summed E-state index contributed by atoms with van der Waals surface area (Å²) in [6.45, 7) is 0. The molecule has 3 nitrogen and oxygen atoms in total. The summed E-state index contributed by atoms with van der Waals surface area (Å²) in [5.74, 6) is 0.587. The summed E-state index contributed by atoms with van der Waals surface area (Å²) in [6, 6.07) is 19.3. The van der Waals surface area contributed by atoms with Crippen molar-refractivity contribution < 1.29 is 9.53 Å². The Hall–Kier alpha value is -2.29. The SMILES string of the molecule is O=C(Oc1ccccc1)N(c1ccccc1)C1CCCCC1. The number of carbonyl (C=O) groups excluding carboxylic acids is 1. The quantitative estimate of drug-likeness (QED) is 0.795. The maximum atomic E-state index is 12.7. The molecule has 2 aromatic rings. The van der Waals surface area contributed by atoms with Gasteiger partial charge in [0.25, 0.3) is 0 Å². The number of carbonyl (C=O) groups is 1. The van der Waals surface area contributed by atoms with Gasteiger partial charge >= 0.3 is 6.09 Å². The second kappa shape index (κ2) is 7.12. The van der Waals surface area contributed by atoms with Gasteiger partial charge in [-0.3, -0.25) is 4.90 Å². The molecule has 3 rings (SSSR count). The van der Waals surface area contributed by atoms with E-state index in [1.165, 1.54) is 19.3 Å². The molecule has 0 aliphatic heterocycles. The van der Waals surface area contributed by atoms with Crippen LogP contribution >= 0.6 is 0 Å². The van der Waals surface area contributed by atoms with Gasteiger partial charge in [-0.05, 0) is 37.1 Å². The average Bonchev–Trinajstić information content (AvgIpc) is 2.58. The van der Waals surface area contributed by atoms with Gasteiger partial charge in [-0.15, -0.1) is 0 Å². The van der Waals surface area contributed by atoms with Crippen molar-refractivity contribution in [3.8, 4) is 5.75 Å². The summed E-state index contributed by atoms with van der Waals surface area (Å²) in [4.78, 5) is 14.5. The fourth-order valence-electron chi connectivity index (χ4n) is 3.03. The number of nitrogens with zero attached hydrogens (tertiary/aromatic N) is 1. The van der Waals surface area contributed by atoms with Gasteiger partial charge in [0, 0.05) is 11.7 Å². The van der Waals surface area contributed by atoms with Crippen molar-refractivity contribution in [3.05, 3.63) is 60.7 Å². The third-order valence-corrected chi connectivity index (χ3v) is 4.12. The molecule has 2 aromatic carbocycles. The van der Waals surface area contributed by atoms with Crippen LogP contribution in [-0.4, -0.2) is 12.1 Å². The van der Waals surface area contributed by atoms with Crippen molar-refractivity contribution in [2.75, 3.05) is 4.90 Å². The Balaban J connectivity index is 1.82. The first-order valence-electron chi connectivity index (χ1n) is 7.96. The predicted octanol–water partition coefficient (Wildman–Crippen LogP) is 5.02. The van der Waals surface area contributed by atoms with E-state index in [-0.39, 0.29) is 12.1 Å². The average molecular weight is 295 g/mol. The van der Waals surface area contributed by atoms with E-state index in [0.717, 1.165) is 18.5 Å². The summed E-state index contributed by atoms with van der Waals surface area (Å²) in [6.07, 6.45) is 5.40. The van der Waals surface area contributed by atoms with Crippen molar-refractivity contribution in [2.45, 2.75) is 38.1 Å². The number of anilines is 1. The van der Waals surface area contributed by atoms with Crippen LogP contribution in [-0.2, 0) is 0 Å². The van der Waals surface area contributed by atoms with Crippen LogP contribution in [0.2, 0.25) is 0 Å². The summed E-state index contributed by atoms with van der Waals surface area (Å²) < 4.78 is 5.57. The number of rotatable bonds is 3. The van der Waals surface area contributed by atoms with Crippen LogP contribution in [0.25, 0.3) is 0 Å². The lowest BCUT2D eigenvalue weighted by Gasteiger charge is -2.33. The molecule has 0 N–H and O–H groups in total. The van der Waals surface area contributed by atoms with Crippen LogP contribution < -0.4 is 9.64 Å². The molecule has 22 heavy (non-hydrogen) atoms. The number of hydrogen-bond acceptors (Lipinski definition) is 2. The number of para-hydroxylation sites is 2. The maximum absolute atomic E-state index is 12.7. The molecule has 0 atom stereocenters. The Morgan fingerprint density at radius 2 is 1.45 bits per heavy atom. The van der Waals surface area contributed by atoms with E-state index in [9.17, 15) is 4.79 Å². The van der Waals surface area contributed by atoms with Gasteiger partial charge < -0.3 is 4.74 Å². The van der Waals surface area contributed by atoms with Gasteiger partial charge in [-0.1, -0.05) is 55.7 Å². The summed E-state index contributed by atoms with van der Waals surface area (Å²) in [5, 5.41) is 0. The Kier molecular flexibility index (Phi) is 4.74. The second-order valence-corrected chi connectivity index (χ2v) is 5.68. The van der Waals surface area contributed by atoms with Crippen molar-refractivity contribution in [2.24, 2.45) is 0 Å². The van der Waals surface area contributed by atoms with E-state index < -0.39 is 0 Å². The molecule has 0 unspecified atom stereocenters. The highest BCUT2D eigenvalue weighted by molar-refractivity contribution is 5.89. The highest BCUT2D eigenvalue weighted by Crippen LogP contribution is 2.28. The van der Waals surface area contributed by atoms with Crippen molar-refractivity contribution in [1.29, 1.82) is 0 Å². The van der Waals surface area contributed by atoms with Crippen LogP contribution in [0.3, 0.4) is 0 Å². The molecule has 114 valence electrons. The number of amides is 1. The van der Waals surface area contributed by atoms with Gasteiger partial charge in [0.15, 0.2) is 0 Å². The summed E-state index contributed by atoms with van der Waals surface area (Å²) >= 11 is 0. The van der Waals surface area contributed by atoms with Gasteiger partial charge in [0.05, 0.1) is 0 Å². The molecular formula is C19H21NO2. The fourth-order valence-corrected chi connectivity index (χ4v) is 3.03. The van der Waals surface area contributed by atoms with E-state index in [1.807, 2.05) is 65.6 Å². The standard InChI is InChI=1S/C19H21NO2/c21-19(22-18-14-8-3-9-15-18)20(16-10-4-1-5-11-16)17-12-6-2-7-13-17/h1,3-5,8-11,14-15,17H,2,6-7,12-13H2. The van der Waals surface area contributed by atoms with Gasteiger partial charge in [-0.2, -0.15) is 0 Å². The minimum absolute atomic E-state index is 0.229. The predicted molar refractivity (Wildman–Crippen MR) is 88.3 cm³/mol. The van der Waals surface area contributed by atoms with E-state index in [4.69, 9.17) is 4.74 Å². The lowest BCUT2D eigenvalue weighted by Crippen LogP contribution is -2.43. The van der Waals surface area contributed by atoms with Gasteiger partial charge in [0.2, 0.25) is 0 Å². The first-order valence-corrected chi connectivity index (χ1v) is 7.96. The summed E-state index contributed by atoms with van der Waals surface area (Å²) in [7, 11) is 0. The molecular weight excluding hydrogens is 274 g/mol. The number of hydrogen-bond donors (Lipinski definition) is 0. The van der Waals surface area contributed by atoms with Crippen LogP contribution in [0.1, 0.15) is 32.1 Å². The fraction of sp³-hybridized carbons (Fsp3) is 0.316. The van der Waals surface area contributed by atoms with Crippen LogP contribution in [0.15, 0.2) is 60.7 Å². The van der Waals surface area contributed by atoms with Crippen molar-refractivity contribution in [1.82, 2.24) is 0 Å². The van der Waals surface area contributed by atoms with Gasteiger partial charge in [0.1, 0.15) is 5.75 Å². The van der Waals surface area contributed by atoms with Gasteiger partial charge in [-0.25, -0.2) is 4.79 Å². The van der Waals surface area contributed by atoms with E-state index >= 15 is 0 Å². The van der Waals surface area contributed by atoms with E-state index in [0.29, 0.717) is 5.75 Å². The second-order valence-electron chi connectivity index (χ2n) is 5.68. The zero-order valence-electron chi connectivity index (χ0n) is 12.7. The van der Waals surface area contributed by atoms with Crippen molar-refractivity contribution >= 4 is 11.8 Å². The van der Waals surface area contributed by atoms with E-state index in [2.05, 4.69) is 0 Å². The minimum atomic E-state index is -0.288. The molecule has 1 amide bonds. The molecule has 3 heteroatoms. The Morgan fingerprint density at radius 3 is 2.09 bits per heavy atom. The molecule has 1 aliphatic rings. The highest BCUT2D eigenvalue weighted by atomic mass is 16.6. The Bertz CT molecular complexity index is 591. The normalized spacial score (nSPS) is 15.3. The third-order valence-electron chi connectivity index (χ3n) is 4.12. The largest absolute Gasteiger partial charge is 0.420 e. The molecule has 1 saturated carbocycles. The first kappa shape index (κ1) is 14.6. The molecule has 0 spiro atoms. The third kappa shape index (κ3) is 3.48. The molecule has 0 radical (unpaired) electrons.